The first kappa shape index (κ1) is 12.0. The third-order valence-corrected chi connectivity index (χ3v) is 2.52. The molecule has 2 rings (SSSR count). The molecule has 0 aromatic carbocycles. The summed E-state index contributed by atoms with van der Waals surface area (Å²) in [5.41, 5.74) is 2.03. The van der Waals surface area contributed by atoms with Crippen molar-refractivity contribution < 1.29 is 9.90 Å². The van der Waals surface area contributed by atoms with Crippen LogP contribution in [0.25, 0.3) is 0 Å². The monoisotopic (exact) mass is 243 g/mol. The summed E-state index contributed by atoms with van der Waals surface area (Å²) in [5, 5.41) is 11.9. The molecule has 2 N–H and O–H groups in total. The lowest BCUT2D eigenvalue weighted by molar-refractivity contribution is 0.0690. The van der Waals surface area contributed by atoms with Crippen LogP contribution in [0.4, 0.5) is 5.82 Å². The fourth-order valence-electron chi connectivity index (χ4n) is 1.53. The van der Waals surface area contributed by atoms with Gasteiger partial charge in [-0.05, 0) is 30.7 Å². The maximum absolute atomic E-state index is 10.8. The zero-order chi connectivity index (χ0) is 13.0. The van der Waals surface area contributed by atoms with Crippen molar-refractivity contribution >= 4 is 11.8 Å². The molecule has 0 unspecified atom stereocenters. The van der Waals surface area contributed by atoms with Crippen LogP contribution in [0, 0.1) is 6.92 Å². The van der Waals surface area contributed by atoms with Crippen LogP contribution in [0.2, 0.25) is 0 Å². The van der Waals surface area contributed by atoms with Crippen LogP contribution >= 0.6 is 0 Å². The topological polar surface area (TPSA) is 75.1 Å². The molecule has 0 spiro atoms. The molecule has 5 heteroatoms. The first-order valence-corrected chi connectivity index (χ1v) is 5.51. The third-order valence-electron chi connectivity index (χ3n) is 2.52. The zero-order valence-corrected chi connectivity index (χ0v) is 9.92. The lowest BCUT2D eigenvalue weighted by Crippen LogP contribution is -2.07. The Bertz CT molecular complexity index is 570. The Morgan fingerprint density at radius 2 is 2.17 bits per heavy atom. The lowest BCUT2D eigenvalue weighted by Gasteiger charge is -2.07. The van der Waals surface area contributed by atoms with E-state index in [-0.39, 0.29) is 5.69 Å². The van der Waals surface area contributed by atoms with Crippen LogP contribution in [-0.2, 0) is 6.54 Å². The Labute approximate surface area is 105 Å². The molecule has 2 aromatic heterocycles. The summed E-state index contributed by atoms with van der Waals surface area (Å²) in [5.74, 6) is -0.507. The largest absolute Gasteiger partial charge is 0.477 e. The molecule has 0 fully saturated rings. The van der Waals surface area contributed by atoms with Crippen LogP contribution in [0.5, 0.6) is 0 Å². The van der Waals surface area contributed by atoms with Crippen LogP contribution in [0.3, 0.4) is 0 Å². The molecule has 0 aliphatic rings. The van der Waals surface area contributed by atoms with Gasteiger partial charge in [-0.3, -0.25) is 4.98 Å². The van der Waals surface area contributed by atoms with Crippen molar-refractivity contribution in [3.05, 3.63) is 53.5 Å². The minimum Gasteiger partial charge on any atom is -0.477 e. The number of aromatic nitrogens is 2. The highest BCUT2D eigenvalue weighted by molar-refractivity contribution is 5.85. The summed E-state index contributed by atoms with van der Waals surface area (Å²) in [4.78, 5) is 19.0. The van der Waals surface area contributed by atoms with Gasteiger partial charge in [-0.1, -0.05) is 12.1 Å². The maximum atomic E-state index is 10.8. The minimum absolute atomic E-state index is 0.0257. The molecule has 0 aliphatic heterocycles. The average molecular weight is 243 g/mol. The van der Waals surface area contributed by atoms with E-state index in [4.69, 9.17) is 5.11 Å². The summed E-state index contributed by atoms with van der Waals surface area (Å²) in [7, 11) is 0. The Morgan fingerprint density at radius 1 is 1.33 bits per heavy atom. The number of nitrogens with one attached hydrogen (secondary N) is 1. The second-order valence-electron chi connectivity index (χ2n) is 3.83. The van der Waals surface area contributed by atoms with Crippen LogP contribution in [-0.4, -0.2) is 21.0 Å². The summed E-state index contributed by atoms with van der Waals surface area (Å²) >= 11 is 0. The van der Waals surface area contributed by atoms with E-state index in [1.54, 1.807) is 18.3 Å². The second kappa shape index (κ2) is 5.27. The number of rotatable bonds is 4. The number of nitrogens with zero attached hydrogens (tertiary/aromatic N) is 2. The van der Waals surface area contributed by atoms with Gasteiger partial charge in [-0.25, -0.2) is 9.78 Å². The Balaban J connectivity index is 2.09. The van der Waals surface area contributed by atoms with Crippen molar-refractivity contribution in [2.75, 3.05) is 5.32 Å². The molecular weight excluding hydrogens is 230 g/mol. The SMILES string of the molecule is Cc1cccnc1CNc1cccc(C(=O)O)n1. The van der Waals surface area contributed by atoms with Crippen molar-refractivity contribution in [3.63, 3.8) is 0 Å². The molecule has 5 nitrogen and oxygen atoms in total. The molecule has 0 saturated heterocycles. The summed E-state index contributed by atoms with van der Waals surface area (Å²) in [6.07, 6.45) is 1.73. The number of carboxylic acid groups (broad SMARTS) is 1. The molecule has 2 heterocycles. The van der Waals surface area contributed by atoms with Crippen molar-refractivity contribution in [2.45, 2.75) is 13.5 Å². The smallest absolute Gasteiger partial charge is 0.354 e. The Morgan fingerprint density at radius 3 is 2.89 bits per heavy atom. The highest BCUT2D eigenvalue weighted by Gasteiger charge is 2.05. The predicted molar refractivity (Wildman–Crippen MR) is 67.5 cm³/mol. The van der Waals surface area contributed by atoms with Gasteiger partial charge >= 0.3 is 5.97 Å². The van der Waals surface area contributed by atoms with Gasteiger partial charge in [0.2, 0.25) is 0 Å². The fraction of sp³-hybridized carbons (Fsp3) is 0.154. The van der Waals surface area contributed by atoms with Gasteiger partial charge < -0.3 is 10.4 Å². The third kappa shape index (κ3) is 2.82. The van der Waals surface area contributed by atoms with Crippen LogP contribution < -0.4 is 5.32 Å². The number of hydrogen-bond donors (Lipinski definition) is 2. The standard InChI is InChI=1S/C13H13N3O2/c1-9-4-3-7-14-11(9)8-15-12-6-2-5-10(16-12)13(17)18/h2-7H,8H2,1H3,(H,15,16)(H,17,18). The number of pyridine rings is 2. The van der Waals surface area contributed by atoms with Gasteiger partial charge in [-0.15, -0.1) is 0 Å². The molecule has 0 aliphatic carbocycles. The van der Waals surface area contributed by atoms with Crippen molar-refractivity contribution in [1.29, 1.82) is 0 Å². The van der Waals surface area contributed by atoms with Crippen molar-refractivity contribution in [3.8, 4) is 0 Å². The number of carboxylic acids is 1. The molecule has 92 valence electrons. The zero-order valence-electron chi connectivity index (χ0n) is 9.92. The predicted octanol–water partition coefficient (Wildman–Crippen LogP) is 2.10. The van der Waals surface area contributed by atoms with E-state index in [0.29, 0.717) is 12.4 Å². The first-order chi connectivity index (χ1) is 8.66. The van der Waals surface area contributed by atoms with E-state index in [1.807, 2.05) is 19.1 Å². The van der Waals surface area contributed by atoms with E-state index < -0.39 is 5.97 Å². The highest BCUT2D eigenvalue weighted by Crippen LogP contribution is 2.09. The normalized spacial score (nSPS) is 10.1. The highest BCUT2D eigenvalue weighted by atomic mass is 16.4. The molecule has 18 heavy (non-hydrogen) atoms. The number of aromatic carboxylic acids is 1. The van der Waals surface area contributed by atoms with E-state index in [9.17, 15) is 4.79 Å². The van der Waals surface area contributed by atoms with E-state index in [0.717, 1.165) is 11.3 Å². The molecule has 2 aromatic rings. The molecular formula is C13H13N3O2. The van der Waals surface area contributed by atoms with Crippen LogP contribution in [0.15, 0.2) is 36.5 Å². The Hall–Kier alpha value is -2.43. The number of hydrogen-bond acceptors (Lipinski definition) is 4. The van der Waals surface area contributed by atoms with Gasteiger partial charge in [0.15, 0.2) is 5.69 Å². The molecule has 0 radical (unpaired) electrons. The summed E-state index contributed by atoms with van der Waals surface area (Å²) < 4.78 is 0. The fourth-order valence-corrected chi connectivity index (χ4v) is 1.53. The van der Waals surface area contributed by atoms with E-state index in [1.165, 1.54) is 6.07 Å². The number of aryl methyl sites for hydroxylation is 1. The summed E-state index contributed by atoms with van der Waals surface area (Å²) in [6, 6.07) is 8.70. The van der Waals surface area contributed by atoms with Gasteiger partial charge in [-0.2, -0.15) is 0 Å². The number of carbonyl (C=O) groups is 1. The molecule has 0 saturated carbocycles. The van der Waals surface area contributed by atoms with Gasteiger partial charge in [0.25, 0.3) is 0 Å². The molecule has 0 atom stereocenters. The first-order valence-electron chi connectivity index (χ1n) is 5.51. The van der Waals surface area contributed by atoms with Gasteiger partial charge in [0.1, 0.15) is 5.82 Å². The average Bonchev–Trinajstić information content (AvgIpc) is 2.38. The van der Waals surface area contributed by atoms with Crippen molar-refractivity contribution in [2.24, 2.45) is 0 Å². The van der Waals surface area contributed by atoms with E-state index in [2.05, 4.69) is 15.3 Å². The van der Waals surface area contributed by atoms with Gasteiger partial charge in [0.05, 0.1) is 12.2 Å². The van der Waals surface area contributed by atoms with E-state index >= 15 is 0 Å². The second-order valence-corrected chi connectivity index (χ2v) is 3.83. The quantitative estimate of drug-likeness (QED) is 0.860. The minimum atomic E-state index is -1.03. The van der Waals surface area contributed by atoms with Crippen molar-refractivity contribution in [1.82, 2.24) is 9.97 Å². The maximum Gasteiger partial charge on any atom is 0.354 e. The van der Waals surface area contributed by atoms with Gasteiger partial charge in [0, 0.05) is 6.20 Å². The number of anilines is 1. The summed E-state index contributed by atoms with van der Waals surface area (Å²) in [6.45, 7) is 2.49. The molecule has 0 bridgehead atoms. The lowest BCUT2D eigenvalue weighted by atomic mass is 10.2. The molecule has 0 amide bonds. The Kier molecular flexibility index (Phi) is 3.52. The van der Waals surface area contributed by atoms with Crippen LogP contribution in [0.1, 0.15) is 21.7 Å².